The minimum absolute atomic E-state index is 0.0333. The Hall–Kier alpha value is -7.98. The van der Waals surface area contributed by atoms with Gasteiger partial charge in [0.25, 0.3) is 0 Å². The van der Waals surface area contributed by atoms with Gasteiger partial charge in [0, 0.05) is 26.1 Å². The number of nitrogens with two attached hydrogens (primary N) is 8. The zero-order valence-electron chi connectivity index (χ0n) is 47.5. The van der Waals surface area contributed by atoms with E-state index in [-0.39, 0.29) is 113 Å². The molecular weight excluding hydrogens is 1040 g/mol. The van der Waals surface area contributed by atoms with Crippen molar-refractivity contribution in [2.24, 2.45) is 78.6 Å². The van der Waals surface area contributed by atoms with Crippen LogP contribution in [0.25, 0.3) is 0 Å². The molecule has 0 heterocycles. The number of carbonyl (C=O) groups excluding carboxylic acids is 9. The minimum Gasteiger partial charge on any atom is -0.508 e. The topological polar surface area (TPSA) is 515 Å². The van der Waals surface area contributed by atoms with Gasteiger partial charge in [-0.1, -0.05) is 60.1 Å². The summed E-state index contributed by atoms with van der Waals surface area (Å²) < 4.78 is 0. The molecule has 0 saturated heterocycles. The average molecular weight is 1130 g/mol. The molecule has 0 fully saturated rings. The zero-order chi connectivity index (χ0) is 60.8. The molecule has 0 spiro atoms. The van der Waals surface area contributed by atoms with Crippen LogP contribution in [0.3, 0.4) is 0 Å². The lowest BCUT2D eigenvalue weighted by Crippen LogP contribution is -2.61. The van der Waals surface area contributed by atoms with Gasteiger partial charge in [-0.25, -0.2) is 0 Å². The van der Waals surface area contributed by atoms with Gasteiger partial charge in [0.2, 0.25) is 53.2 Å². The Morgan fingerprint density at radius 3 is 1.24 bits per heavy atom. The van der Waals surface area contributed by atoms with Gasteiger partial charge in [-0.15, -0.1) is 0 Å². The van der Waals surface area contributed by atoms with Gasteiger partial charge in [0.1, 0.15) is 54.1 Å². The van der Waals surface area contributed by atoms with Crippen molar-refractivity contribution in [1.29, 1.82) is 0 Å². The van der Waals surface area contributed by atoms with E-state index in [1.54, 1.807) is 26.0 Å². The summed E-state index contributed by atoms with van der Waals surface area (Å²) in [5, 5.41) is 31.2. The fourth-order valence-corrected chi connectivity index (χ4v) is 7.83. The first-order valence-corrected chi connectivity index (χ1v) is 26.9. The van der Waals surface area contributed by atoms with Crippen molar-refractivity contribution in [3.05, 3.63) is 29.8 Å². The molecule has 80 heavy (non-hydrogen) atoms. The Balaban J connectivity index is 3.51. The van der Waals surface area contributed by atoms with Crippen molar-refractivity contribution in [2.45, 2.75) is 174 Å². The van der Waals surface area contributed by atoms with E-state index < -0.39 is 113 Å². The Labute approximate surface area is 468 Å². The second kappa shape index (κ2) is 36.2. The second-order valence-electron chi connectivity index (χ2n) is 20.6. The zero-order valence-corrected chi connectivity index (χ0v) is 47.5. The second-order valence-corrected chi connectivity index (χ2v) is 20.6. The summed E-state index contributed by atoms with van der Waals surface area (Å²) in [6.07, 6.45) is 1.12. The van der Waals surface area contributed by atoms with Gasteiger partial charge in [-0.05, 0) is 101 Å². The van der Waals surface area contributed by atoms with Gasteiger partial charge in [0.05, 0.1) is 6.04 Å². The van der Waals surface area contributed by atoms with Crippen molar-refractivity contribution in [3.63, 3.8) is 0 Å². The fourth-order valence-electron chi connectivity index (χ4n) is 7.83. The summed E-state index contributed by atoms with van der Waals surface area (Å²) in [5.41, 5.74) is 44.7. The smallest absolute Gasteiger partial charge is 0.243 e. The van der Waals surface area contributed by atoms with Crippen molar-refractivity contribution in [2.75, 3.05) is 19.6 Å². The molecule has 450 valence electrons. The SMILES string of the molecule is CC[C@H](C)[C@H](NC(=O)[C@H](C)NC(=O)[C@H](CC(C)C)NC(=O)[C@H](Cc1ccc(O)cc1)NC(=O)[C@H](CC(C)C)NC(=O)[C@H](C)N)C(=O)N[C@@H](CCCN=C(N)N)C(=O)N[C@@H](CCCN=C(N)N)C(=O)N[C@@H](CCCN=C(N)N)C(N)=O. The van der Waals surface area contributed by atoms with Crippen molar-refractivity contribution < 1.29 is 48.3 Å². The number of nitrogens with one attached hydrogen (secondary N) is 8. The Bertz CT molecular complexity index is 2280. The van der Waals surface area contributed by atoms with E-state index in [1.807, 2.05) is 27.7 Å². The third-order valence-corrected chi connectivity index (χ3v) is 12.4. The molecule has 1 rings (SSSR count). The fraction of sp³-hybridized carbons (Fsp3) is 0.647. The number of amides is 9. The molecule has 0 aliphatic carbocycles. The molecule has 0 aliphatic rings. The van der Waals surface area contributed by atoms with Crippen LogP contribution in [0.5, 0.6) is 5.75 Å². The van der Waals surface area contributed by atoms with E-state index in [0.717, 1.165) is 0 Å². The normalized spacial score (nSPS) is 14.8. The lowest BCUT2D eigenvalue weighted by atomic mass is 9.97. The number of phenolic OH excluding ortho intramolecular Hbond substituents is 1. The third kappa shape index (κ3) is 28.1. The van der Waals surface area contributed by atoms with E-state index in [4.69, 9.17) is 45.9 Å². The first kappa shape index (κ1) is 70.0. The van der Waals surface area contributed by atoms with Gasteiger partial charge < -0.3 is 93.5 Å². The summed E-state index contributed by atoms with van der Waals surface area (Å²) in [7, 11) is 0. The van der Waals surface area contributed by atoms with E-state index >= 15 is 0 Å². The Kier molecular flexibility index (Phi) is 31.7. The lowest BCUT2D eigenvalue weighted by Gasteiger charge is -2.29. The van der Waals surface area contributed by atoms with E-state index in [1.165, 1.54) is 26.0 Å². The molecule has 0 aliphatic heterocycles. The Morgan fingerprint density at radius 2 is 0.825 bits per heavy atom. The molecule has 0 radical (unpaired) electrons. The lowest BCUT2D eigenvalue weighted by molar-refractivity contribution is -0.136. The predicted molar refractivity (Wildman–Crippen MR) is 304 cm³/mol. The quantitative estimate of drug-likeness (QED) is 0.0171. The minimum atomic E-state index is -1.35. The molecule has 0 unspecified atom stereocenters. The van der Waals surface area contributed by atoms with Crippen LogP contribution < -0.4 is 88.4 Å². The molecular formula is C51H91N19O10. The number of hydrogen-bond acceptors (Lipinski definition) is 14. The molecule has 0 aromatic heterocycles. The van der Waals surface area contributed by atoms with Crippen molar-refractivity contribution >= 4 is 71.0 Å². The van der Waals surface area contributed by atoms with Crippen LogP contribution in [0, 0.1) is 17.8 Å². The molecule has 1 aromatic carbocycles. The Morgan fingerprint density at radius 1 is 0.463 bits per heavy atom. The number of primary amides is 1. The van der Waals surface area contributed by atoms with Crippen LogP contribution in [-0.4, -0.2) is 150 Å². The first-order chi connectivity index (χ1) is 37.4. The van der Waals surface area contributed by atoms with Gasteiger partial charge >= 0.3 is 0 Å². The van der Waals surface area contributed by atoms with Gasteiger partial charge in [-0.2, -0.15) is 0 Å². The molecule has 0 saturated carbocycles. The molecule has 29 heteroatoms. The highest BCUT2D eigenvalue weighted by Crippen LogP contribution is 2.15. The van der Waals surface area contributed by atoms with Crippen LogP contribution in [0.4, 0.5) is 0 Å². The maximum absolute atomic E-state index is 14.3. The van der Waals surface area contributed by atoms with Gasteiger partial charge in [0.15, 0.2) is 17.9 Å². The highest BCUT2D eigenvalue weighted by molar-refractivity contribution is 5.98. The summed E-state index contributed by atoms with van der Waals surface area (Å²) in [4.78, 5) is 135. The summed E-state index contributed by atoms with van der Waals surface area (Å²) in [5.74, 6) is -8.27. The summed E-state index contributed by atoms with van der Waals surface area (Å²) in [6, 6.07) is -5.03. The predicted octanol–water partition coefficient (Wildman–Crippen LogP) is -4.04. The maximum atomic E-state index is 14.3. The molecule has 9 amide bonds. The van der Waals surface area contributed by atoms with E-state index in [0.29, 0.717) is 12.0 Å². The summed E-state index contributed by atoms with van der Waals surface area (Å²) >= 11 is 0. The number of aromatic hydroxyl groups is 1. The first-order valence-electron chi connectivity index (χ1n) is 26.9. The van der Waals surface area contributed by atoms with E-state index in [9.17, 15) is 48.3 Å². The van der Waals surface area contributed by atoms with Crippen LogP contribution >= 0.6 is 0 Å². The molecule has 29 nitrogen and oxygen atoms in total. The van der Waals surface area contributed by atoms with Crippen LogP contribution in [0.1, 0.15) is 119 Å². The van der Waals surface area contributed by atoms with Gasteiger partial charge in [-0.3, -0.25) is 58.1 Å². The molecule has 0 bridgehead atoms. The number of guanidine groups is 3. The highest BCUT2D eigenvalue weighted by atomic mass is 16.3. The number of benzene rings is 1. The number of rotatable bonds is 37. The third-order valence-electron chi connectivity index (χ3n) is 12.4. The largest absolute Gasteiger partial charge is 0.508 e. The van der Waals surface area contributed by atoms with E-state index in [2.05, 4.69) is 57.5 Å². The van der Waals surface area contributed by atoms with Crippen LogP contribution in [-0.2, 0) is 49.6 Å². The van der Waals surface area contributed by atoms with Crippen molar-refractivity contribution in [3.8, 4) is 5.75 Å². The maximum Gasteiger partial charge on any atom is 0.243 e. The highest BCUT2D eigenvalue weighted by Gasteiger charge is 2.35. The van der Waals surface area contributed by atoms with Crippen molar-refractivity contribution in [1.82, 2.24) is 42.5 Å². The molecule has 25 N–H and O–H groups in total. The monoisotopic (exact) mass is 1130 g/mol. The number of nitrogens with zero attached hydrogens (tertiary/aromatic N) is 3. The number of aliphatic imine (C=N–C) groups is 3. The number of phenols is 1. The number of hydrogen-bond donors (Lipinski definition) is 17. The van der Waals surface area contributed by atoms with Crippen LogP contribution in [0.15, 0.2) is 39.2 Å². The summed E-state index contributed by atoms with van der Waals surface area (Å²) in [6.45, 7) is 13.9. The average Bonchev–Trinajstić information content (AvgIpc) is 3.36. The van der Waals surface area contributed by atoms with Crippen LogP contribution in [0.2, 0.25) is 0 Å². The molecule has 1 aromatic rings. The number of carbonyl (C=O) groups is 9. The standard InChI is InChI=1S/C51H91N19O10/c1-9-28(6)39(48(80)66-35(15-12-22-62-51(58)59)44(76)65-34(14-11-21-61-50(56)57)43(75)64-33(40(53)72)13-10-20-60-49(54)55)70-42(74)30(8)63-45(77)36(23-26(2)3)68-47(79)38(25-31-16-18-32(71)19-17-31)69-46(78)37(24-27(4)5)67-41(73)29(7)52/h16-19,26-30,33-39,71H,9-15,20-25,52H2,1-8H3,(H2,53,72)(H,63,77)(H,64,75)(H,65,76)(H,66,80)(H,67,73)(H,68,79)(H,69,78)(H,70,74)(H4,54,55,60)(H4,56,57,61)(H4,58,59,62)/t28-,29-,30-,33-,34-,35-,36-,37-,38-,39-/m0/s1. The molecule has 10 atom stereocenters.